The van der Waals surface area contributed by atoms with E-state index >= 15 is 0 Å². The number of ether oxygens (including phenoxy) is 1. The summed E-state index contributed by atoms with van der Waals surface area (Å²) in [6.45, 7) is 14.2. The fourth-order valence-corrected chi connectivity index (χ4v) is 3.89. The predicted molar refractivity (Wildman–Crippen MR) is 108 cm³/mol. The Labute approximate surface area is 163 Å². The van der Waals surface area contributed by atoms with Gasteiger partial charge < -0.3 is 19.9 Å². The minimum absolute atomic E-state index is 0.0226. The van der Waals surface area contributed by atoms with Crippen LogP contribution in [-0.4, -0.2) is 84.7 Å². The second-order valence-electron chi connectivity index (χ2n) is 8.18. The molecule has 2 aliphatic rings. The molecule has 2 amide bonds. The molecule has 150 valence electrons. The fourth-order valence-electron chi connectivity index (χ4n) is 3.89. The van der Waals surface area contributed by atoms with E-state index in [-0.39, 0.29) is 17.7 Å². The predicted octanol–water partition coefficient (Wildman–Crippen LogP) is 2.27. The Balaban J connectivity index is 1.42. The normalized spacial score (nSPS) is 22.0. The van der Waals surface area contributed by atoms with Gasteiger partial charge in [0, 0.05) is 51.2 Å². The highest BCUT2D eigenvalue weighted by Gasteiger charge is 2.32. The number of likely N-dealkylation sites (N-methyl/N-ethyl adjacent to an activating group) is 1. The van der Waals surface area contributed by atoms with Gasteiger partial charge in [0.05, 0.1) is 6.54 Å². The van der Waals surface area contributed by atoms with Crippen LogP contribution in [0, 0.1) is 0 Å². The van der Waals surface area contributed by atoms with Gasteiger partial charge in [0.2, 0.25) is 0 Å². The van der Waals surface area contributed by atoms with Crippen molar-refractivity contribution in [2.45, 2.75) is 38.8 Å². The van der Waals surface area contributed by atoms with Crippen LogP contribution in [-0.2, 0) is 0 Å². The molecule has 0 aliphatic carbocycles. The number of urea groups is 1. The average molecular weight is 375 g/mol. The quantitative estimate of drug-likeness (QED) is 0.830. The molecule has 27 heavy (non-hydrogen) atoms. The van der Waals surface area contributed by atoms with Gasteiger partial charge in [0.15, 0.2) is 0 Å². The molecule has 2 fully saturated rings. The molecule has 2 heterocycles. The number of para-hydroxylation sites is 1. The number of nitrogens with zero attached hydrogens (tertiary/aromatic N) is 3. The molecule has 0 bridgehead atoms. The SMILES string of the molecule is CCN1CCN(C(C)(C)CNC(=O)N2CC[C@H](Oc3ccccc3)C2)CC1. The van der Waals surface area contributed by atoms with Crippen LogP contribution in [0.4, 0.5) is 4.79 Å². The van der Waals surface area contributed by atoms with Crippen LogP contribution in [0.25, 0.3) is 0 Å². The first-order valence-corrected chi connectivity index (χ1v) is 10.2. The number of amides is 2. The van der Waals surface area contributed by atoms with Crippen LogP contribution in [0.5, 0.6) is 5.75 Å². The number of hydrogen-bond donors (Lipinski definition) is 1. The Bertz CT molecular complexity index is 599. The molecule has 0 unspecified atom stereocenters. The van der Waals surface area contributed by atoms with E-state index < -0.39 is 0 Å². The first kappa shape index (κ1) is 20.0. The number of carbonyl (C=O) groups is 1. The Kier molecular flexibility index (Phi) is 6.60. The van der Waals surface area contributed by atoms with E-state index in [0.29, 0.717) is 13.1 Å². The summed E-state index contributed by atoms with van der Waals surface area (Å²) in [7, 11) is 0. The van der Waals surface area contributed by atoms with Crippen LogP contribution >= 0.6 is 0 Å². The molecule has 3 rings (SSSR count). The molecule has 2 saturated heterocycles. The van der Waals surface area contributed by atoms with Crippen LogP contribution in [0.1, 0.15) is 27.2 Å². The maximum atomic E-state index is 12.6. The van der Waals surface area contributed by atoms with Gasteiger partial charge in [-0.05, 0) is 32.5 Å². The number of hydrogen-bond acceptors (Lipinski definition) is 4. The maximum Gasteiger partial charge on any atom is 0.317 e. The minimum Gasteiger partial charge on any atom is -0.489 e. The second-order valence-corrected chi connectivity index (χ2v) is 8.18. The number of carbonyl (C=O) groups excluding carboxylic acids is 1. The van der Waals surface area contributed by atoms with Crippen molar-refractivity contribution in [3.8, 4) is 5.75 Å². The number of benzene rings is 1. The standard InChI is InChI=1S/C21H34N4O2/c1-4-23-12-14-25(15-13-23)21(2,3)17-22-20(26)24-11-10-19(16-24)27-18-8-6-5-7-9-18/h5-9,19H,4,10-17H2,1-3H3,(H,22,26)/t19-/m0/s1. The lowest BCUT2D eigenvalue weighted by molar-refractivity contribution is 0.0547. The molecule has 1 aromatic carbocycles. The van der Waals surface area contributed by atoms with E-state index in [1.54, 1.807) is 0 Å². The summed E-state index contributed by atoms with van der Waals surface area (Å²) in [5, 5.41) is 3.15. The number of piperazine rings is 1. The first-order chi connectivity index (χ1) is 13.0. The van der Waals surface area contributed by atoms with Gasteiger partial charge in [-0.3, -0.25) is 4.90 Å². The van der Waals surface area contributed by atoms with Gasteiger partial charge in [0.1, 0.15) is 11.9 Å². The van der Waals surface area contributed by atoms with E-state index in [1.807, 2.05) is 35.2 Å². The van der Waals surface area contributed by atoms with Crippen molar-refractivity contribution >= 4 is 6.03 Å². The van der Waals surface area contributed by atoms with Crippen molar-refractivity contribution in [2.75, 3.05) is 52.4 Å². The zero-order chi connectivity index (χ0) is 19.3. The summed E-state index contributed by atoms with van der Waals surface area (Å²) in [6, 6.07) is 9.86. The Morgan fingerprint density at radius 3 is 2.52 bits per heavy atom. The fraction of sp³-hybridized carbons (Fsp3) is 0.667. The van der Waals surface area contributed by atoms with E-state index in [4.69, 9.17) is 4.74 Å². The molecule has 6 heteroatoms. The monoisotopic (exact) mass is 374 g/mol. The second kappa shape index (κ2) is 8.93. The first-order valence-electron chi connectivity index (χ1n) is 10.2. The molecule has 1 aromatic rings. The topological polar surface area (TPSA) is 48.0 Å². The lowest BCUT2D eigenvalue weighted by atomic mass is 10.0. The highest BCUT2D eigenvalue weighted by atomic mass is 16.5. The molecule has 0 saturated carbocycles. The summed E-state index contributed by atoms with van der Waals surface area (Å²) in [5.41, 5.74) is -0.0326. The lowest BCUT2D eigenvalue weighted by Gasteiger charge is -2.44. The smallest absolute Gasteiger partial charge is 0.317 e. The van der Waals surface area contributed by atoms with Crippen molar-refractivity contribution in [2.24, 2.45) is 0 Å². The van der Waals surface area contributed by atoms with Crippen molar-refractivity contribution in [3.05, 3.63) is 30.3 Å². The van der Waals surface area contributed by atoms with Gasteiger partial charge in [-0.2, -0.15) is 0 Å². The molecule has 2 aliphatic heterocycles. The van der Waals surface area contributed by atoms with E-state index in [2.05, 4.69) is 35.9 Å². The average Bonchev–Trinajstić information content (AvgIpc) is 3.15. The maximum absolute atomic E-state index is 12.6. The van der Waals surface area contributed by atoms with Crippen LogP contribution in [0.15, 0.2) is 30.3 Å². The zero-order valence-corrected chi connectivity index (χ0v) is 17.0. The van der Waals surface area contributed by atoms with Crippen molar-refractivity contribution in [1.82, 2.24) is 20.0 Å². The summed E-state index contributed by atoms with van der Waals surface area (Å²) in [4.78, 5) is 19.4. The van der Waals surface area contributed by atoms with E-state index in [9.17, 15) is 4.79 Å². The number of likely N-dealkylation sites (tertiary alicyclic amines) is 1. The van der Waals surface area contributed by atoms with Crippen molar-refractivity contribution in [3.63, 3.8) is 0 Å². The third-order valence-corrected chi connectivity index (χ3v) is 5.83. The molecule has 0 spiro atoms. The highest BCUT2D eigenvalue weighted by molar-refractivity contribution is 5.74. The highest BCUT2D eigenvalue weighted by Crippen LogP contribution is 2.19. The number of nitrogens with one attached hydrogen (secondary N) is 1. The molecule has 1 N–H and O–H groups in total. The van der Waals surface area contributed by atoms with Gasteiger partial charge in [-0.15, -0.1) is 0 Å². The van der Waals surface area contributed by atoms with Gasteiger partial charge in [0.25, 0.3) is 0 Å². The van der Waals surface area contributed by atoms with Gasteiger partial charge >= 0.3 is 6.03 Å². The van der Waals surface area contributed by atoms with Gasteiger partial charge in [-0.1, -0.05) is 25.1 Å². The molecular weight excluding hydrogens is 340 g/mol. The molecule has 0 aromatic heterocycles. The van der Waals surface area contributed by atoms with Crippen LogP contribution in [0.2, 0.25) is 0 Å². The van der Waals surface area contributed by atoms with Crippen molar-refractivity contribution in [1.29, 1.82) is 0 Å². The molecule has 1 atom stereocenters. The Morgan fingerprint density at radius 2 is 1.85 bits per heavy atom. The third kappa shape index (κ3) is 5.36. The van der Waals surface area contributed by atoms with Crippen molar-refractivity contribution < 1.29 is 9.53 Å². The summed E-state index contributed by atoms with van der Waals surface area (Å²) < 4.78 is 5.98. The molecule has 0 radical (unpaired) electrons. The van der Waals surface area contributed by atoms with E-state index in [1.165, 1.54) is 0 Å². The van der Waals surface area contributed by atoms with Crippen LogP contribution < -0.4 is 10.1 Å². The Hall–Kier alpha value is -1.79. The van der Waals surface area contributed by atoms with Gasteiger partial charge in [-0.25, -0.2) is 4.79 Å². The van der Waals surface area contributed by atoms with E-state index in [0.717, 1.165) is 51.4 Å². The largest absolute Gasteiger partial charge is 0.489 e. The van der Waals surface area contributed by atoms with Crippen LogP contribution in [0.3, 0.4) is 0 Å². The summed E-state index contributed by atoms with van der Waals surface area (Å²) in [6.07, 6.45) is 0.957. The summed E-state index contributed by atoms with van der Waals surface area (Å²) >= 11 is 0. The Morgan fingerprint density at radius 1 is 1.15 bits per heavy atom. The third-order valence-electron chi connectivity index (χ3n) is 5.83. The zero-order valence-electron chi connectivity index (χ0n) is 17.0. The lowest BCUT2D eigenvalue weighted by Crippen LogP contribution is -2.59. The summed E-state index contributed by atoms with van der Waals surface area (Å²) in [5.74, 6) is 0.872. The molecular formula is C21H34N4O2. The number of rotatable bonds is 6. The molecule has 6 nitrogen and oxygen atoms in total. The minimum atomic E-state index is -0.0326.